The minimum absolute atomic E-state index is 0.457. The smallest absolute Gasteiger partial charge is 0.339 e. The summed E-state index contributed by atoms with van der Waals surface area (Å²) in [6.07, 6.45) is 0.312. The van der Waals surface area contributed by atoms with Crippen molar-refractivity contribution in [3.63, 3.8) is 0 Å². The van der Waals surface area contributed by atoms with Crippen molar-refractivity contribution in [1.82, 2.24) is 4.98 Å². The van der Waals surface area contributed by atoms with E-state index < -0.39 is 12.1 Å². The summed E-state index contributed by atoms with van der Waals surface area (Å²) in [6.45, 7) is 2.40. The number of esters is 1. The molecule has 1 heterocycles. The van der Waals surface area contributed by atoms with Crippen molar-refractivity contribution < 1.29 is 19.4 Å². The van der Waals surface area contributed by atoms with Gasteiger partial charge in [-0.05, 0) is 19.1 Å². The number of benzene rings is 1. The number of ether oxygens (including phenoxy) is 2. The number of carbonyl (C=O) groups is 1. The number of nitrogens with zero attached hydrogens (tertiary/aromatic N) is 1. The lowest BCUT2D eigenvalue weighted by molar-refractivity contribution is -0.150. The molecular formula is C14H15NO4. The van der Waals surface area contributed by atoms with Crippen LogP contribution in [0.2, 0.25) is 0 Å². The highest BCUT2D eigenvalue weighted by atomic mass is 16.5. The number of aliphatic hydroxyl groups is 1. The molecule has 0 saturated heterocycles. The molecule has 0 aliphatic heterocycles. The molecule has 0 aliphatic carbocycles. The summed E-state index contributed by atoms with van der Waals surface area (Å²) in [4.78, 5) is 15.7. The Bertz CT molecular complexity index is 597. The highest BCUT2D eigenvalue weighted by molar-refractivity contribution is 5.91. The van der Waals surface area contributed by atoms with Crippen molar-refractivity contribution >= 4 is 16.9 Å². The van der Waals surface area contributed by atoms with Crippen LogP contribution in [0.3, 0.4) is 0 Å². The van der Waals surface area contributed by atoms with Gasteiger partial charge in [0.15, 0.2) is 6.10 Å². The quantitative estimate of drug-likeness (QED) is 0.850. The second-order valence-electron chi connectivity index (χ2n) is 3.91. The number of carbonyl (C=O) groups excluding carboxylic acids is 1. The van der Waals surface area contributed by atoms with Crippen LogP contribution in [-0.4, -0.2) is 29.8 Å². The van der Waals surface area contributed by atoms with Gasteiger partial charge in [0.1, 0.15) is 11.3 Å². The lowest BCUT2D eigenvalue weighted by Gasteiger charge is -2.13. The molecule has 5 heteroatoms. The van der Waals surface area contributed by atoms with Gasteiger partial charge in [0, 0.05) is 17.1 Å². The summed E-state index contributed by atoms with van der Waals surface area (Å²) in [5.41, 5.74) is 1.07. The number of aliphatic hydroxyl groups excluding tert-OH is 1. The predicted molar refractivity (Wildman–Crippen MR) is 69.9 cm³/mol. The van der Waals surface area contributed by atoms with Crippen molar-refractivity contribution in [3.05, 3.63) is 36.0 Å². The maximum atomic E-state index is 11.4. The first-order chi connectivity index (χ1) is 9.19. The largest absolute Gasteiger partial charge is 0.492 e. The predicted octanol–water partition coefficient (Wildman–Crippen LogP) is 1.84. The first kappa shape index (κ1) is 13.3. The molecule has 0 aliphatic rings. The van der Waals surface area contributed by atoms with E-state index in [4.69, 9.17) is 4.74 Å². The van der Waals surface area contributed by atoms with Crippen LogP contribution in [-0.2, 0) is 9.53 Å². The van der Waals surface area contributed by atoms with Gasteiger partial charge in [-0.2, -0.15) is 0 Å². The lowest BCUT2D eigenvalue weighted by atomic mass is 10.0. The molecule has 0 fully saturated rings. The zero-order valence-electron chi connectivity index (χ0n) is 10.8. The van der Waals surface area contributed by atoms with Crippen molar-refractivity contribution in [2.45, 2.75) is 13.0 Å². The fourth-order valence-electron chi connectivity index (χ4n) is 1.92. The Kier molecular flexibility index (Phi) is 3.97. The van der Waals surface area contributed by atoms with Gasteiger partial charge < -0.3 is 14.6 Å². The number of methoxy groups -OCH3 is 1. The van der Waals surface area contributed by atoms with Crippen LogP contribution in [0.5, 0.6) is 5.75 Å². The van der Waals surface area contributed by atoms with Crippen LogP contribution < -0.4 is 4.74 Å². The third-order valence-corrected chi connectivity index (χ3v) is 2.79. The molecule has 0 amide bonds. The summed E-state index contributed by atoms with van der Waals surface area (Å²) < 4.78 is 10.0. The number of pyridine rings is 1. The van der Waals surface area contributed by atoms with Gasteiger partial charge >= 0.3 is 5.97 Å². The van der Waals surface area contributed by atoms with E-state index in [1.807, 2.05) is 6.92 Å². The Morgan fingerprint density at radius 2 is 2.21 bits per heavy atom. The molecule has 1 atom stereocenters. The van der Waals surface area contributed by atoms with Gasteiger partial charge in [-0.25, -0.2) is 4.79 Å². The minimum atomic E-state index is -1.33. The van der Waals surface area contributed by atoms with Gasteiger partial charge in [0.25, 0.3) is 0 Å². The molecule has 0 radical (unpaired) electrons. The van der Waals surface area contributed by atoms with Gasteiger partial charge in [-0.15, -0.1) is 0 Å². The molecular weight excluding hydrogens is 246 g/mol. The zero-order valence-corrected chi connectivity index (χ0v) is 10.8. The second kappa shape index (κ2) is 5.67. The van der Waals surface area contributed by atoms with E-state index in [1.54, 1.807) is 30.5 Å². The number of hydrogen-bond acceptors (Lipinski definition) is 5. The van der Waals surface area contributed by atoms with Crippen molar-refractivity contribution in [2.75, 3.05) is 13.7 Å². The standard InChI is InChI=1S/C14H15NO4/c1-3-19-11-7-6-10(13(16)14(17)18-2)9-5-4-8-15-12(9)11/h4-8,13,16H,3H2,1-2H3. The molecule has 5 nitrogen and oxygen atoms in total. The van der Waals surface area contributed by atoms with E-state index in [9.17, 15) is 9.90 Å². The molecule has 100 valence electrons. The van der Waals surface area contributed by atoms with E-state index in [-0.39, 0.29) is 0 Å². The Balaban J connectivity index is 2.58. The highest BCUT2D eigenvalue weighted by Crippen LogP contribution is 2.30. The van der Waals surface area contributed by atoms with E-state index in [0.717, 1.165) is 0 Å². The Morgan fingerprint density at radius 1 is 1.42 bits per heavy atom. The Hall–Kier alpha value is -2.14. The number of hydrogen-bond donors (Lipinski definition) is 1. The monoisotopic (exact) mass is 261 g/mol. The van der Waals surface area contributed by atoms with Crippen LogP contribution in [0.1, 0.15) is 18.6 Å². The zero-order chi connectivity index (χ0) is 13.8. The molecule has 0 spiro atoms. The number of aromatic nitrogens is 1. The van der Waals surface area contributed by atoms with Crippen molar-refractivity contribution in [1.29, 1.82) is 0 Å². The van der Waals surface area contributed by atoms with Gasteiger partial charge in [0.2, 0.25) is 0 Å². The first-order valence-corrected chi connectivity index (χ1v) is 5.95. The molecule has 0 saturated carbocycles. The second-order valence-corrected chi connectivity index (χ2v) is 3.91. The van der Waals surface area contributed by atoms with Gasteiger partial charge in [-0.3, -0.25) is 4.98 Å². The maximum Gasteiger partial charge on any atom is 0.339 e. The highest BCUT2D eigenvalue weighted by Gasteiger charge is 2.21. The summed E-state index contributed by atoms with van der Waals surface area (Å²) >= 11 is 0. The fraction of sp³-hybridized carbons (Fsp3) is 0.286. The summed E-state index contributed by atoms with van der Waals surface area (Å²) in [7, 11) is 1.24. The normalized spacial score (nSPS) is 12.2. The molecule has 1 aromatic carbocycles. The topological polar surface area (TPSA) is 68.7 Å². The third-order valence-electron chi connectivity index (χ3n) is 2.79. The molecule has 1 N–H and O–H groups in total. The Labute approximate surface area is 110 Å². The van der Waals surface area contributed by atoms with Crippen LogP contribution in [0.15, 0.2) is 30.5 Å². The molecule has 19 heavy (non-hydrogen) atoms. The fourth-order valence-corrected chi connectivity index (χ4v) is 1.92. The van der Waals surface area contributed by atoms with Crippen LogP contribution >= 0.6 is 0 Å². The lowest BCUT2D eigenvalue weighted by Crippen LogP contribution is -2.14. The van der Waals surface area contributed by atoms with Crippen LogP contribution in [0.4, 0.5) is 0 Å². The average molecular weight is 261 g/mol. The van der Waals surface area contributed by atoms with Crippen LogP contribution in [0.25, 0.3) is 10.9 Å². The van der Waals surface area contributed by atoms with E-state index in [2.05, 4.69) is 9.72 Å². The summed E-state index contributed by atoms with van der Waals surface area (Å²) in [6, 6.07) is 6.87. The van der Waals surface area contributed by atoms with E-state index >= 15 is 0 Å². The average Bonchev–Trinajstić information content (AvgIpc) is 2.46. The third kappa shape index (κ3) is 2.51. The first-order valence-electron chi connectivity index (χ1n) is 5.95. The Morgan fingerprint density at radius 3 is 2.89 bits per heavy atom. The van der Waals surface area contributed by atoms with Crippen molar-refractivity contribution in [3.8, 4) is 5.75 Å². The molecule has 1 unspecified atom stereocenters. The summed E-state index contributed by atoms with van der Waals surface area (Å²) in [5, 5.41) is 10.6. The molecule has 1 aromatic heterocycles. The van der Waals surface area contributed by atoms with Crippen molar-refractivity contribution in [2.24, 2.45) is 0 Å². The molecule has 2 aromatic rings. The van der Waals surface area contributed by atoms with E-state index in [0.29, 0.717) is 28.8 Å². The molecule has 0 bridgehead atoms. The van der Waals surface area contributed by atoms with Gasteiger partial charge in [0.05, 0.1) is 13.7 Å². The summed E-state index contributed by atoms with van der Waals surface area (Å²) in [5.74, 6) is -0.0757. The van der Waals surface area contributed by atoms with Gasteiger partial charge in [-0.1, -0.05) is 12.1 Å². The SMILES string of the molecule is CCOc1ccc(C(O)C(=O)OC)c2cccnc12. The maximum absolute atomic E-state index is 11.4. The number of rotatable bonds is 4. The molecule has 2 rings (SSSR count). The van der Waals surface area contributed by atoms with Crippen LogP contribution in [0, 0.1) is 0 Å². The van der Waals surface area contributed by atoms with E-state index in [1.165, 1.54) is 7.11 Å². The minimum Gasteiger partial charge on any atom is -0.492 e. The number of fused-ring (bicyclic) bond motifs is 1.